The van der Waals surface area contributed by atoms with E-state index in [-0.39, 0.29) is 30.5 Å². The summed E-state index contributed by atoms with van der Waals surface area (Å²) in [6.45, 7) is 0.0597. The van der Waals surface area contributed by atoms with E-state index in [0.29, 0.717) is 11.1 Å². The van der Waals surface area contributed by atoms with Crippen LogP contribution in [0.25, 0.3) is 0 Å². The van der Waals surface area contributed by atoms with Gasteiger partial charge in [0.2, 0.25) is 0 Å². The van der Waals surface area contributed by atoms with Gasteiger partial charge in [-0.15, -0.1) is 0 Å². The Bertz CT molecular complexity index is 677. The van der Waals surface area contributed by atoms with E-state index >= 15 is 0 Å². The van der Waals surface area contributed by atoms with Gasteiger partial charge in [0, 0.05) is 19.0 Å². The molecule has 1 aromatic carbocycles. The lowest BCUT2D eigenvalue weighted by Crippen LogP contribution is -2.31. The Labute approximate surface area is 118 Å². The molecule has 21 heavy (non-hydrogen) atoms. The number of fused-ring (bicyclic) bond motifs is 1. The minimum absolute atomic E-state index is 0.0597. The minimum Gasteiger partial charge on any atom is -0.361 e. The predicted octanol–water partition coefficient (Wildman–Crippen LogP) is 2.45. The zero-order chi connectivity index (χ0) is 15.0. The molecule has 7 heteroatoms. The van der Waals surface area contributed by atoms with Gasteiger partial charge in [0.05, 0.1) is 11.1 Å². The number of alkyl halides is 2. The second-order valence-corrected chi connectivity index (χ2v) is 4.58. The van der Waals surface area contributed by atoms with E-state index in [0.717, 1.165) is 11.0 Å². The smallest absolute Gasteiger partial charge is 0.283 e. The van der Waals surface area contributed by atoms with Crippen molar-refractivity contribution in [3.63, 3.8) is 0 Å². The number of aromatic nitrogens is 1. The van der Waals surface area contributed by atoms with E-state index in [1.54, 1.807) is 24.3 Å². The van der Waals surface area contributed by atoms with Crippen molar-refractivity contribution >= 4 is 11.8 Å². The van der Waals surface area contributed by atoms with E-state index < -0.39 is 12.1 Å². The molecule has 3 rings (SSSR count). The molecule has 0 saturated heterocycles. The lowest BCUT2D eigenvalue weighted by Gasteiger charge is -2.11. The molecule has 1 aliphatic heterocycles. The zero-order valence-electron chi connectivity index (χ0n) is 10.8. The van der Waals surface area contributed by atoms with Gasteiger partial charge in [-0.2, -0.15) is 0 Å². The van der Waals surface area contributed by atoms with Crippen LogP contribution < -0.4 is 0 Å². The van der Waals surface area contributed by atoms with Gasteiger partial charge < -0.3 is 4.52 Å². The summed E-state index contributed by atoms with van der Waals surface area (Å²) in [5.74, 6) is -0.560. The fourth-order valence-corrected chi connectivity index (χ4v) is 2.21. The van der Waals surface area contributed by atoms with E-state index in [2.05, 4.69) is 5.16 Å². The summed E-state index contributed by atoms with van der Waals surface area (Å²) in [6, 6.07) is 7.65. The maximum Gasteiger partial charge on any atom is 0.283 e. The third-order valence-electron chi connectivity index (χ3n) is 3.26. The van der Waals surface area contributed by atoms with Crippen molar-refractivity contribution in [2.75, 3.05) is 6.54 Å². The Balaban J connectivity index is 1.72. The summed E-state index contributed by atoms with van der Waals surface area (Å²) < 4.78 is 29.5. The van der Waals surface area contributed by atoms with Gasteiger partial charge in [-0.3, -0.25) is 14.5 Å². The summed E-state index contributed by atoms with van der Waals surface area (Å²) in [5.41, 5.74) is 0.258. The Morgan fingerprint density at radius 2 is 1.76 bits per heavy atom. The van der Waals surface area contributed by atoms with Crippen molar-refractivity contribution in [2.24, 2.45) is 0 Å². The number of halogens is 2. The summed E-state index contributed by atoms with van der Waals surface area (Å²) in [7, 11) is 0. The van der Waals surface area contributed by atoms with Gasteiger partial charge in [-0.1, -0.05) is 17.3 Å². The number of carbonyl (C=O) groups excluding carboxylic acids is 2. The molecular formula is C14H10F2N2O3. The fraction of sp³-hybridized carbons (Fsp3) is 0.214. The maximum absolute atomic E-state index is 12.4. The average molecular weight is 292 g/mol. The second-order valence-electron chi connectivity index (χ2n) is 4.58. The van der Waals surface area contributed by atoms with Crippen LogP contribution in [-0.2, 0) is 6.42 Å². The number of nitrogens with zero attached hydrogens (tertiary/aromatic N) is 2. The summed E-state index contributed by atoms with van der Waals surface area (Å²) in [6.07, 6.45) is -2.56. The summed E-state index contributed by atoms with van der Waals surface area (Å²) >= 11 is 0. The molecule has 0 bridgehead atoms. The Morgan fingerprint density at radius 1 is 1.14 bits per heavy atom. The highest BCUT2D eigenvalue weighted by Crippen LogP contribution is 2.23. The first-order valence-electron chi connectivity index (χ1n) is 6.27. The summed E-state index contributed by atoms with van der Waals surface area (Å²) in [5, 5.41) is 3.23. The number of benzene rings is 1. The molecule has 0 aliphatic carbocycles. The second kappa shape index (κ2) is 5.08. The largest absolute Gasteiger partial charge is 0.361 e. The van der Waals surface area contributed by atoms with Crippen LogP contribution in [0.5, 0.6) is 0 Å². The van der Waals surface area contributed by atoms with Crippen LogP contribution in [0.15, 0.2) is 34.9 Å². The molecule has 0 atom stereocenters. The van der Waals surface area contributed by atoms with Crippen LogP contribution >= 0.6 is 0 Å². The normalized spacial score (nSPS) is 14.1. The minimum atomic E-state index is -2.71. The molecule has 0 spiro atoms. The maximum atomic E-state index is 12.4. The average Bonchev–Trinajstić information content (AvgIpc) is 3.03. The molecule has 2 aromatic rings. The number of hydrogen-bond acceptors (Lipinski definition) is 4. The van der Waals surface area contributed by atoms with Gasteiger partial charge in [-0.05, 0) is 12.1 Å². The van der Waals surface area contributed by atoms with E-state index in [9.17, 15) is 18.4 Å². The van der Waals surface area contributed by atoms with Crippen molar-refractivity contribution in [2.45, 2.75) is 12.8 Å². The first-order valence-corrected chi connectivity index (χ1v) is 6.27. The molecule has 5 nitrogen and oxygen atoms in total. The van der Waals surface area contributed by atoms with Crippen molar-refractivity contribution in [3.05, 3.63) is 52.9 Å². The zero-order valence-corrected chi connectivity index (χ0v) is 10.8. The highest BCUT2D eigenvalue weighted by Gasteiger charge is 2.34. The fourth-order valence-electron chi connectivity index (χ4n) is 2.21. The van der Waals surface area contributed by atoms with E-state index in [1.165, 1.54) is 0 Å². The molecule has 0 saturated carbocycles. The van der Waals surface area contributed by atoms with E-state index in [4.69, 9.17) is 4.52 Å². The Hall–Kier alpha value is -2.57. The first-order chi connectivity index (χ1) is 10.1. The van der Waals surface area contributed by atoms with Gasteiger partial charge in [-0.25, -0.2) is 8.78 Å². The quantitative estimate of drug-likeness (QED) is 0.812. The molecule has 108 valence electrons. The van der Waals surface area contributed by atoms with Crippen LogP contribution in [0.2, 0.25) is 0 Å². The van der Waals surface area contributed by atoms with Crippen LogP contribution in [0.3, 0.4) is 0 Å². The molecule has 1 aliphatic rings. The number of hydrogen-bond donors (Lipinski definition) is 0. The lowest BCUT2D eigenvalue weighted by atomic mass is 10.1. The SMILES string of the molecule is O=C1c2ccccc2C(=O)N1CCc1cc(C(F)F)no1. The number of rotatable bonds is 4. The highest BCUT2D eigenvalue weighted by atomic mass is 19.3. The molecule has 2 heterocycles. The van der Waals surface area contributed by atoms with Crippen molar-refractivity contribution in [3.8, 4) is 0 Å². The molecular weight excluding hydrogens is 282 g/mol. The van der Waals surface area contributed by atoms with Crippen molar-refractivity contribution in [1.82, 2.24) is 10.1 Å². The molecule has 0 unspecified atom stereocenters. The number of imide groups is 1. The third kappa shape index (κ3) is 2.31. The van der Waals surface area contributed by atoms with Crippen LogP contribution in [0, 0.1) is 0 Å². The molecule has 0 N–H and O–H groups in total. The predicted molar refractivity (Wildman–Crippen MR) is 67.0 cm³/mol. The molecule has 2 amide bonds. The van der Waals surface area contributed by atoms with E-state index in [1.807, 2.05) is 0 Å². The number of amides is 2. The molecule has 1 aromatic heterocycles. The van der Waals surface area contributed by atoms with Crippen LogP contribution in [0.1, 0.15) is 38.6 Å². The standard InChI is InChI=1S/C14H10F2N2O3/c15-12(16)11-7-8(21-17-11)5-6-18-13(19)9-3-1-2-4-10(9)14(18)20/h1-4,7,12H,5-6H2. The summed E-state index contributed by atoms with van der Waals surface area (Å²) in [4.78, 5) is 25.2. The topological polar surface area (TPSA) is 63.4 Å². The Kier molecular flexibility index (Phi) is 3.25. The third-order valence-corrected chi connectivity index (χ3v) is 3.26. The molecule has 0 fully saturated rings. The van der Waals surface area contributed by atoms with Gasteiger partial charge in [0.15, 0.2) is 0 Å². The van der Waals surface area contributed by atoms with Crippen LogP contribution in [0.4, 0.5) is 8.78 Å². The highest BCUT2D eigenvalue weighted by molar-refractivity contribution is 6.21. The first kappa shape index (κ1) is 13.4. The van der Waals surface area contributed by atoms with Gasteiger partial charge in [0.25, 0.3) is 18.2 Å². The lowest BCUT2D eigenvalue weighted by molar-refractivity contribution is 0.0654. The monoisotopic (exact) mass is 292 g/mol. The number of carbonyl (C=O) groups is 2. The van der Waals surface area contributed by atoms with Crippen LogP contribution in [-0.4, -0.2) is 28.4 Å². The Morgan fingerprint density at radius 3 is 2.29 bits per heavy atom. The van der Waals surface area contributed by atoms with Crippen molar-refractivity contribution in [1.29, 1.82) is 0 Å². The molecule has 0 radical (unpaired) electrons. The van der Waals surface area contributed by atoms with Crippen molar-refractivity contribution < 1.29 is 22.9 Å². The van der Waals surface area contributed by atoms with Gasteiger partial charge >= 0.3 is 0 Å². The van der Waals surface area contributed by atoms with Gasteiger partial charge in [0.1, 0.15) is 11.5 Å².